The van der Waals surface area contributed by atoms with Crippen molar-refractivity contribution < 1.29 is 14.1 Å². The molecule has 5 nitrogen and oxygen atoms in total. The van der Waals surface area contributed by atoms with E-state index in [4.69, 9.17) is 9.26 Å². The average molecular weight is 336 g/mol. The maximum absolute atomic E-state index is 12.1. The van der Waals surface area contributed by atoms with Crippen LogP contribution in [0, 0.1) is 11.3 Å². The van der Waals surface area contributed by atoms with Gasteiger partial charge in [0.25, 0.3) is 0 Å². The van der Waals surface area contributed by atoms with Gasteiger partial charge in [-0.1, -0.05) is 46.7 Å². The van der Waals surface area contributed by atoms with E-state index in [9.17, 15) is 4.79 Å². The minimum atomic E-state index is -0.162. The molecule has 0 spiro atoms. The number of hydrogen-bond donors (Lipinski definition) is 0. The number of rotatable bonds is 4. The first-order chi connectivity index (χ1) is 11.1. The van der Waals surface area contributed by atoms with Crippen LogP contribution < -0.4 is 0 Å². The number of carbonyl (C=O) groups is 1. The predicted octanol–water partition coefficient (Wildman–Crippen LogP) is 4.45. The lowest BCUT2D eigenvalue weighted by Crippen LogP contribution is -2.30. The van der Waals surface area contributed by atoms with E-state index < -0.39 is 0 Å². The van der Waals surface area contributed by atoms with E-state index in [0.29, 0.717) is 30.0 Å². The summed E-state index contributed by atoms with van der Waals surface area (Å²) in [5.74, 6) is 1.74. The summed E-state index contributed by atoms with van der Waals surface area (Å²) in [5.41, 5.74) is 0.200. The highest BCUT2D eigenvalue weighted by Gasteiger charge is 2.31. The minimum absolute atomic E-state index is 0.0731. The third-order valence-electron chi connectivity index (χ3n) is 4.88. The van der Waals surface area contributed by atoms with E-state index in [0.717, 1.165) is 31.6 Å². The largest absolute Gasteiger partial charge is 0.462 e. The second-order valence-corrected chi connectivity index (χ2v) is 9.09. The number of ether oxygens (including phenoxy) is 1. The van der Waals surface area contributed by atoms with Gasteiger partial charge in [-0.15, -0.1) is 0 Å². The zero-order valence-corrected chi connectivity index (χ0v) is 16.0. The van der Waals surface area contributed by atoms with Gasteiger partial charge in [0.1, 0.15) is 6.10 Å². The maximum atomic E-state index is 12.1. The monoisotopic (exact) mass is 336 g/mol. The van der Waals surface area contributed by atoms with Crippen molar-refractivity contribution in [1.82, 2.24) is 10.1 Å². The number of esters is 1. The second-order valence-electron chi connectivity index (χ2n) is 9.09. The van der Waals surface area contributed by atoms with Gasteiger partial charge < -0.3 is 9.26 Å². The lowest BCUT2D eigenvalue weighted by molar-refractivity contribution is -0.151. The van der Waals surface area contributed by atoms with E-state index in [-0.39, 0.29) is 17.5 Å². The molecule has 1 aliphatic rings. The molecule has 1 fully saturated rings. The van der Waals surface area contributed by atoms with Gasteiger partial charge in [-0.2, -0.15) is 4.98 Å². The first kappa shape index (κ1) is 18.9. The maximum Gasteiger partial charge on any atom is 0.306 e. The van der Waals surface area contributed by atoms with Gasteiger partial charge in [0.2, 0.25) is 5.89 Å². The summed E-state index contributed by atoms with van der Waals surface area (Å²) in [5, 5.41) is 3.97. The smallest absolute Gasteiger partial charge is 0.306 e. The van der Waals surface area contributed by atoms with Crippen LogP contribution in [0.15, 0.2) is 4.52 Å². The lowest BCUT2D eigenvalue weighted by atomic mass is 9.72. The summed E-state index contributed by atoms with van der Waals surface area (Å²) in [7, 11) is 0. The fourth-order valence-electron chi connectivity index (χ4n) is 3.16. The molecule has 0 bridgehead atoms. The normalized spacial score (nSPS) is 22.4. The van der Waals surface area contributed by atoms with Crippen LogP contribution in [0.25, 0.3) is 0 Å². The first-order valence-electron chi connectivity index (χ1n) is 9.08. The summed E-state index contributed by atoms with van der Waals surface area (Å²) < 4.78 is 10.8. The van der Waals surface area contributed by atoms with Crippen molar-refractivity contribution in [1.29, 1.82) is 0 Å². The highest BCUT2D eigenvalue weighted by atomic mass is 16.5. The zero-order chi connectivity index (χ0) is 18.0. The minimum Gasteiger partial charge on any atom is -0.462 e. The van der Waals surface area contributed by atoms with Crippen LogP contribution in [0.4, 0.5) is 0 Å². The van der Waals surface area contributed by atoms with Crippen molar-refractivity contribution in [3.63, 3.8) is 0 Å². The standard InChI is InChI=1S/C19H32N2O3/c1-18(2,3)13-7-9-14(10-8-13)23-16(22)12-11-15-20-17(21-24-15)19(4,5)6/h13-14H,7-12H2,1-6H3. The van der Waals surface area contributed by atoms with Crippen molar-refractivity contribution in [3.05, 3.63) is 11.7 Å². The molecule has 1 heterocycles. The molecule has 0 aliphatic heterocycles. The van der Waals surface area contributed by atoms with Crippen LogP contribution in [0.3, 0.4) is 0 Å². The van der Waals surface area contributed by atoms with E-state index in [1.807, 2.05) is 20.8 Å². The summed E-state index contributed by atoms with van der Waals surface area (Å²) in [4.78, 5) is 16.4. The van der Waals surface area contributed by atoms with Crippen molar-refractivity contribution in [2.24, 2.45) is 11.3 Å². The molecule has 0 amide bonds. The molecule has 0 radical (unpaired) electrons. The number of aryl methyl sites for hydroxylation is 1. The zero-order valence-electron chi connectivity index (χ0n) is 16.0. The molecule has 0 unspecified atom stereocenters. The number of aromatic nitrogens is 2. The predicted molar refractivity (Wildman–Crippen MR) is 92.6 cm³/mol. The molecule has 0 saturated heterocycles. The molecular formula is C19H32N2O3. The highest BCUT2D eigenvalue weighted by Crippen LogP contribution is 2.38. The number of carbonyl (C=O) groups excluding carboxylic acids is 1. The van der Waals surface area contributed by atoms with Gasteiger partial charge in [-0.25, -0.2) is 0 Å². The van der Waals surface area contributed by atoms with Crippen molar-refractivity contribution in [2.45, 2.75) is 91.6 Å². The highest BCUT2D eigenvalue weighted by molar-refractivity contribution is 5.69. The fraction of sp³-hybridized carbons (Fsp3) is 0.842. The Labute approximate surface area is 145 Å². The van der Waals surface area contributed by atoms with Gasteiger partial charge in [-0.05, 0) is 37.0 Å². The number of nitrogens with zero attached hydrogens (tertiary/aromatic N) is 2. The third-order valence-corrected chi connectivity index (χ3v) is 4.88. The Morgan fingerprint density at radius 2 is 1.75 bits per heavy atom. The first-order valence-corrected chi connectivity index (χ1v) is 9.08. The Kier molecular flexibility index (Phi) is 5.71. The summed E-state index contributed by atoms with van der Waals surface area (Å²) in [6.45, 7) is 13.0. The van der Waals surface area contributed by atoms with Crippen LogP contribution in [0.5, 0.6) is 0 Å². The van der Waals surface area contributed by atoms with Crippen LogP contribution in [0.2, 0.25) is 0 Å². The molecule has 24 heavy (non-hydrogen) atoms. The number of hydrogen-bond acceptors (Lipinski definition) is 5. The van der Waals surface area contributed by atoms with E-state index in [2.05, 4.69) is 30.9 Å². The summed E-state index contributed by atoms with van der Waals surface area (Å²) in [6, 6.07) is 0. The van der Waals surface area contributed by atoms with Gasteiger partial charge >= 0.3 is 5.97 Å². The van der Waals surface area contributed by atoms with E-state index >= 15 is 0 Å². The van der Waals surface area contributed by atoms with E-state index in [1.54, 1.807) is 0 Å². The second kappa shape index (κ2) is 7.24. The van der Waals surface area contributed by atoms with Crippen molar-refractivity contribution >= 4 is 5.97 Å². The van der Waals surface area contributed by atoms with Crippen molar-refractivity contribution in [2.75, 3.05) is 0 Å². The molecule has 2 rings (SSSR count). The lowest BCUT2D eigenvalue weighted by Gasteiger charge is -2.36. The Morgan fingerprint density at radius 3 is 2.25 bits per heavy atom. The van der Waals surface area contributed by atoms with Crippen molar-refractivity contribution in [3.8, 4) is 0 Å². The summed E-state index contributed by atoms with van der Waals surface area (Å²) in [6.07, 6.45) is 5.04. The molecule has 1 aliphatic carbocycles. The van der Waals surface area contributed by atoms with Crippen LogP contribution in [-0.4, -0.2) is 22.2 Å². The fourth-order valence-corrected chi connectivity index (χ4v) is 3.16. The Morgan fingerprint density at radius 1 is 1.12 bits per heavy atom. The van der Waals surface area contributed by atoms with Gasteiger partial charge in [-0.3, -0.25) is 4.79 Å². The molecule has 1 aromatic rings. The molecular weight excluding hydrogens is 304 g/mol. The SMILES string of the molecule is CC(C)(C)c1noc(CCC(=O)OC2CCC(C(C)(C)C)CC2)n1. The molecule has 0 atom stereocenters. The van der Waals surface area contributed by atoms with Gasteiger partial charge in [0.15, 0.2) is 5.82 Å². The average Bonchev–Trinajstić information content (AvgIpc) is 2.94. The van der Waals surface area contributed by atoms with Crippen LogP contribution >= 0.6 is 0 Å². The van der Waals surface area contributed by atoms with Gasteiger partial charge in [0.05, 0.1) is 6.42 Å². The molecule has 0 aromatic carbocycles. The quantitative estimate of drug-likeness (QED) is 0.760. The van der Waals surface area contributed by atoms with Crippen LogP contribution in [-0.2, 0) is 21.4 Å². The molecule has 1 saturated carbocycles. The van der Waals surface area contributed by atoms with Crippen LogP contribution in [0.1, 0.15) is 85.4 Å². The molecule has 136 valence electrons. The molecule has 5 heteroatoms. The molecule has 0 N–H and O–H groups in total. The van der Waals surface area contributed by atoms with E-state index in [1.165, 1.54) is 0 Å². The summed E-state index contributed by atoms with van der Waals surface area (Å²) >= 11 is 0. The Balaban J connectivity index is 1.74. The Hall–Kier alpha value is -1.39. The van der Waals surface area contributed by atoms with Gasteiger partial charge in [0, 0.05) is 11.8 Å². The molecule has 1 aromatic heterocycles. The Bertz CT molecular complexity index is 544. The third kappa shape index (κ3) is 5.32. The topological polar surface area (TPSA) is 65.2 Å².